The number of aliphatic hydroxyl groups excluding tert-OH is 1. The molecule has 20 heavy (non-hydrogen) atoms. The van der Waals surface area contributed by atoms with E-state index in [4.69, 9.17) is 4.74 Å². The van der Waals surface area contributed by atoms with Crippen molar-refractivity contribution in [3.05, 3.63) is 35.4 Å². The Hall–Kier alpha value is -1.43. The first kappa shape index (κ1) is 15.0. The molecule has 1 aliphatic heterocycles. The fourth-order valence-corrected chi connectivity index (χ4v) is 2.41. The van der Waals surface area contributed by atoms with E-state index >= 15 is 0 Å². The Labute approximate surface area is 119 Å². The van der Waals surface area contributed by atoms with Gasteiger partial charge in [-0.05, 0) is 11.1 Å². The van der Waals surface area contributed by atoms with E-state index in [0.29, 0.717) is 0 Å². The first-order chi connectivity index (χ1) is 9.69. The number of nitrogens with zero attached hydrogens (tertiary/aromatic N) is 1. The molecule has 1 aromatic carbocycles. The second kappa shape index (κ2) is 7.38. The van der Waals surface area contributed by atoms with Gasteiger partial charge >= 0.3 is 0 Å². The minimum atomic E-state index is -0.336. The molecule has 1 saturated heterocycles. The van der Waals surface area contributed by atoms with E-state index in [-0.39, 0.29) is 18.6 Å². The zero-order valence-electron chi connectivity index (χ0n) is 11.8. The van der Waals surface area contributed by atoms with Gasteiger partial charge in [-0.3, -0.25) is 9.69 Å². The van der Waals surface area contributed by atoms with Crippen molar-refractivity contribution in [1.82, 2.24) is 10.2 Å². The van der Waals surface area contributed by atoms with Crippen molar-refractivity contribution in [2.75, 3.05) is 32.9 Å². The molecule has 1 aromatic rings. The number of amides is 1. The molecule has 2 N–H and O–H groups in total. The predicted octanol–water partition coefficient (Wildman–Crippen LogP) is 0.688. The second-order valence-corrected chi connectivity index (χ2v) is 5.07. The molecule has 5 heteroatoms. The van der Waals surface area contributed by atoms with E-state index < -0.39 is 0 Å². The molecule has 0 spiro atoms. The molecule has 0 unspecified atom stereocenters. The van der Waals surface area contributed by atoms with Gasteiger partial charge in [-0.15, -0.1) is 0 Å². The Balaban J connectivity index is 2.03. The molecule has 0 aliphatic carbocycles. The maximum Gasteiger partial charge on any atom is 0.217 e. The van der Waals surface area contributed by atoms with Crippen molar-refractivity contribution in [2.45, 2.75) is 19.5 Å². The molecule has 1 fully saturated rings. The van der Waals surface area contributed by atoms with Gasteiger partial charge in [0.2, 0.25) is 5.91 Å². The Kier molecular flexibility index (Phi) is 5.52. The van der Waals surface area contributed by atoms with Gasteiger partial charge < -0.3 is 15.2 Å². The number of morpholine rings is 1. The lowest BCUT2D eigenvalue weighted by molar-refractivity contribution is -0.120. The van der Waals surface area contributed by atoms with E-state index in [1.54, 1.807) is 0 Å². The van der Waals surface area contributed by atoms with Crippen molar-refractivity contribution in [2.24, 2.45) is 0 Å². The third-order valence-electron chi connectivity index (χ3n) is 3.42. The maximum absolute atomic E-state index is 11.1. The van der Waals surface area contributed by atoms with Crippen LogP contribution in [-0.4, -0.2) is 48.8 Å². The number of ether oxygens (including phenoxy) is 1. The largest absolute Gasteiger partial charge is 0.394 e. The molecule has 0 aromatic heterocycles. The Morgan fingerprint density at radius 3 is 2.85 bits per heavy atom. The molecule has 1 aliphatic rings. The van der Waals surface area contributed by atoms with Crippen LogP contribution in [0.2, 0.25) is 0 Å². The summed E-state index contributed by atoms with van der Waals surface area (Å²) in [5, 5.41) is 12.2. The van der Waals surface area contributed by atoms with Crippen molar-refractivity contribution in [1.29, 1.82) is 0 Å². The maximum atomic E-state index is 11.1. The standard InChI is InChI=1S/C15H22N2O3/c1-12(19)16-15(11-18)14-4-2-3-13(9-14)10-17-5-7-20-8-6-17/h2-4,9,15,18H,5-8,10-11H2,1H3,(H,16,19)/t15-/m0/s1. The molecule has 2 rings (SSSR count). The van der Waals surface area contributed by atoms with Gasteiger partial charge in [-0.25, -0.2) is 0 Å². The van der Waals surface area contributed by atoms with Gasteiger partial charge in [0.15, 0.2) is 0 Å². The minimum Gasteiger partial charge on any atom is -0.394 e. The fourth-order valence-electron chi connectivity index (χ4n) is 2.41. The lowest BCUT2D eigenvalue weighted by Gasteiger charge is -2.27. The highest BCUT2D eigenvalue weighted by Gasteiger charge is 2.14. The highest BCUT2D eigenvalue weighted by Crippen LogP contribution is 2.16. The summed E-state index contributed by atoms with van der Waals surface area (Å²) in [4.78, 5) is 13.5. The third kappa shape index (κ3) is 4.30. The number of carbonyl (C=O) groups excluding carboxylic acids is 1. The topological polar surface area (TPSA) is 61.8 Å². The lowest BCUT2D eigenvalue weighted by atomic mass is 10.0. The zero-order chi connectivity index (χ0) is 14.4. The average Bonchev–Trinajstić information content (AvgIpc) is 2.46. The molecule has 1 amide bonds. The van der Waals surface area contributed by atoms with Crippen molar-refractivity contribution >= 4 is 5.91 Å². The summed E-state index contributed by atoms with van der Waals surface area (Å²) in [7, 11) is 0. The van der Waals surface area contributed by atoms with Crippen LogP contribution in [0, 0.1) is 0 Å². The van der Waals surface area contributed by atoms with Gasteiger partial charge in [-0.1, -0.05) is 24.3 Å². The molecule has 110 valence electrons. The van der Waals surface area contributed by atoms with Gasteiger partial charge in [0.1, 0.15) is 0 Å². The first-order valence-electron chi connectivity index (χ1n) is 6.96. The fraction of sp³-hybridized carbons (Fsp3) is 0.533. The highest BCUT2D eigenvalue weighted by atomic mass is 16.5. The van der Waals surface area contributed by atoms with Gasteiger partial charge in [0.25, 0.3) is 0 Å². The van der Waals surface area contributed by atoms with Crippen LogP contribution in [-0.2, 0) is 16.1 Å². The molecule has 0 radical (unpaired) electrons. The summed E-state index contributed by atoms with van der Waals surface area (Å²) in [6.07, 6.45) is 0. The van der Waals surface area contributed by atoms with Gasteiger partial charge in [0.05, 0.1) is 25.9 Å². The minimum absolute atomic E-state index is 0.0966. The predicted molar refractivity (Wildman–Crippen MR) is 76.2 cm³/mol. The summed E-state index contributed by atoms with van der Waals surface area (Å²) in [5.41, 5.74) is 2.13. The average molecular weight is 278 g/mol. The van der Waals surface area contributed by atoms with Crippen LogP contribution >= 0.6 is 0 Å². The Bertz CT molecular complexity index is 444. The van der Waals surface area contributed by atoms with E-state index in [1.807, 2.05) is 18.2 Å². The molecule has 5 nitrogen and oxygen atoms in total. The van der Waals surface area contributed by atoms with Gasteiger partial charge in [0, 0.05) is 26.6 Å². The molecular formula is C15H22N2O3. The number of hydrogen-bond donors (Lipinski definition) is 2. The van der Waals surface area contributed by atoms with E-state index in [9.17, 15) is 9.90 Å². The molecule has 1 atom stereocenters. The Morgan fingerprint density at radius 2 is 2.20 bits per heavy atom. The first-order valence-corrected chi connectivity index (χ1v) is 6.96. The van der Waals surface area contributed by atoms with Crippen LogP contribution in [0.1, 0.15) is 24.1 Å². The summed E-state index contributed by atoms with van der Waals surface area (Å²) in [5.74, 6) is -0.136. The van der Waals surface area contributed by atoms with Crippen LogP contribution in [0.5, 0.6) is 0 Å². The summed E-state index contributed by atoms with van der Waals surface area (Å²) in [6, 6.07) is 7.68. The molecule has 0 bridgehead atoms. The highest BCUT2D eigenvalue weighted by molar-refractivity contribution is 5.73. The summed E-state index contributed by atoms with van der Waals surface area (Å²) >= 11 is 0. The lowest BCUT2D eigenvalue weighted by Crippen LogP contribution is -2.35. The SMILES string of the molecule is CC(=O)N[C@@H](CO)c1cccc(CN2CCOCC2)c1. The smallest absolute Gasteiger partial charge is 0.217 e. The van der Waals surface area contributed by atoms with Crippen molar-refractivity contribution in [3.63, 3.8) is 0 Å². The number of nitrogens with one attached hydrogen (secondary N) is 1. The van der Waals surface area contributed by atoms with E-state index in [1.165, 1.54) is 12.5 Å². The normalized spacial score (nSPS) is 17.7. The quantitative estimate of drug-likeness (QED) is 0.832. The molecule has 1 heterocycles. The number of carbonyl (C=O) groups is 1. The second-order valence-electron chi connectivity index (χ2n) is 5.07. The monoisotopic (exact) mass is 278 g/mol. The van der Waals surface area contributed by atoms with E-state index in [2.05, 4.69) is 16.3 Å². The number of benzene rings is 1. The molecular weight excluding hydrogens is 256 g/mol. The van der Waals surface area contributed by atoms with Crippen LogP contribution in [0.25, 0.3) is 0 Å². The molecule has 0 saturated carbocycles. The number of hydrogen-bond acceptors (Lipinski definition) is 4. The number of aliphatic hydroxyl groups is 1. The van der Waals surface area contributed by atoms with Crippen LogP contribution in [0.4, 0.5) is 0 Å². The van der Waals surface area contributed by atoms with E-state index in [0.717, 1.165) is 38.4 Å². The summed E-state index contributed by atoms with van der Waals surface area (Å²) in [6.45, 7) is 5.69. The third-order valence-corrected chi connectivity index (χ3v) is 3.42. The Morgan fingerprint density at radius 1 is 1.45 bits per heavy atom. The van der Waals surface area contributed by atoms with Crippen LogP contribution < -0.4 is 5.32 Å². The van der Waals surface area contributed by atoms with Crippen molar-refractivity contribution in [3.8, 4) is 0 Å². The van der Waals surface area contributed by atoms with Crippen molar-refractivity contribution < 1.29 is 14.6 Å². The van der Waals surface area contributed by atoms with Crippen LogP contribution in [0.3, 0.4) is 0 Å². The van der Waals surface area contributed by atoms with Gasteiger partial charge in [-0.2, -0.15) is 0 Å². The zero-order valence-corrected chi connectivity index (χ0v) is 11.8. The number of rotatable bonds is 5. The summed E-state index contributed by atoms with van der Waals surface area (Å²) < 4.78 is 5.34. The van der Waals surface area contributed by atoms with Crippen LogP contribution in [0.15, 0.2) is 24.3 Å².